The zero-order valence-electron chi connectivity index (χ0n) is 12.5. The minimum absolute atomic E-state index is 0.504. The van der Waals surface area contributed by atoms with Crippen LogP contribution in [0.3, 0.4) is 0 Å². The van der Waals surface area contributed by atoms with Crippen LogP contribution in [0.25, 0.3) is 0 Å². The van der Waals surface area contributed by atoms with Crippen molar-refractivity contribution in [2.75, 3.05) is 13.1 Å². The van der Waals surface area contributed by atoms with Gasteiger partial charge in [0, 0.05) is 30.6 Å². The first-order chi connectivity index (χ1) is 10.1. The van der Waals surface area contributed by atoms with E-state index in [4.69, 9.17) is 0 Å². The van der Waals surface area contributed by atoms with Gasteiger partial charge in [0.15, 0.2) is 0 Å². The lowest BCUT2D eigenvalue weighted by atomic mass is 10.4. The van der Waals surface area contributed by atoms with Gasteiger partial charge in [0.2, 0.25) is 0 Å². The van der Waals surface area contributed by atoms with Crippen molar-refractivity contribution in [1.29, 1.82) is 0 Å². The van der Waals surface area contributed by atoms with Gasteiger partial charge in [-0.15, -0.1) is 11.3 Å². The maximum absolute atomic E-state index is 12.8. The molecule has 6 heteroatoms. The average molecular weight is 329 g/mol. The van der Waals surface area contributed by atoms with Gasteiger partial charge in [0.1, 0.15) is 4.21 Å². The Hall–Kier alpha value is -0.430. The fourth-order valence-electron chi connectivity index (χ4n) is 2.40. The predicted octanol–water partition coefficient (Wildman–Crippen LogP) is 2.81. The van der Waals surface area contributed by atoms with E-state index in [1.54, 1.807) is 10.4 Å². The molecule has 0 atom stereocenters. The Morgan fingerprint density at radius 2 is 2.05 bits per heavy atom. The highest BCUT2D eigenvalue weighted by atomic mass is 32.2. The highest BCUT2D eigenvalue weighted by Gasteiger charge is 2.32. The Balaban J connectivity index is 1.68. The molecule has 0 amide bonds. The third kappa shape index (κ3) is 4.06. The number of hydrogen-bond acceptors (Lipinski definition) is 4. The number of sulfonamides is 1. The van der Waals surface area contributed by atoms with E-state index in [1.807, 2.05) is 13.0 Å². The van der Waals surface area contributed by atoms with Crippen LogP contribution < -0.4 is 5.32 Å². The summed E-state index contributed by atoms with van der Waals surface area (Å²) in [5, 5.41) is 3.44. The predicted molar refractivity (Wildman–Crippen MR) is 86.0 cm³/mol. The Labute approximate surface area is 131 Å². The summed E-state index contributed by atoms with van der Waals surface area (Å²) in [6.07, 6.45) is 5.73. The second kappa shape index (κ2) is 6.36. The molecule has 21 heavy (non-hydrogen) atoms. The minimum atomic E-state index is -3.30. The first kappa shape index (κ1) is 15.5. The molecule has 2 saturated carbocycles. The lowest BCUT2D eigenvalue weighted by molar-refractivity contribution is 0.397. The van der Waals surface area contributed by atoms with E-state index < -0.39 is 10.0 Å². The van der Waals surface area contributed by atoms with E-state index in [0.717, 1.165) is 17.8 Å². The van der Waals surface area contributed by atoms with Crippen molar-refractivity contribution >= 4 is 21.4 Å². The Bertz CT molecular complexity index is 574. The first-order valence-electron chi connectivity index (χ1n) is 7.92. The Morgan fingerprint density at radius 3 is 2.67 bits per heavy atom. The number of nitrogens with zero attached hydrogens (tertiary/aromatic N) is 1. The molecule has 0 aromatic carbocycles. The molecule has 1 N–H and O–H groups in total. The van der Waals surface area contributed by atoms with E-state index in [2.05, 4.69) is 5.32 Å². The van der Waals surface area contributed by atoms with E-state index in [9.17, 15) is 8.42 Å². The highest BCUT2D eigenvalue weighted by molar-refractivity contribution is 7.91. The number of thiophene rings is 1. The molecule has 118 valence electrons. The monoisotopic (exact) mass is 328 g/mol. The molecule has 1 heterocycles. The van der Waals surface area contributed by atoms with Crippen molar-refractivity contribution in [2.45, 2.75) is 55.8 Å². The van der Waals surface area contributed by atoms with Gasteiger partial charge in [-0.05, 0) is 50.2 Å². The maximum Gasteiger partial charge on any atom is 0.252 e. The van der Waals surface area contributed by atoms with E-state index in [-0.39, 0.29) is 0 Å². The van der Waals surface area contributed by atoms with Crippen LogP contribution >= 0.6 is 11.3 Å². The topological polar surface area (TPSA) is 49.4 Å². The molecule has 0 aliphatic heterocycles. The largest absolute Gasteiger partial charge is 0.309 e. The molecule has 0 saturated heterocycles. The average Bonchev–Trinajstić information content (AvgIpc) is 3.37. The van der Waals surface area contributed by atoms with Crippen LogP contribution in [-0.4, -0.2) is 31.9 Å². The summed E-state index contributed by atoms with van der Waals surface area (Å²) >= 11 is 1.42. The maximum atomic E-state index is 12.8. The lowest BCUT2D eigenvalue weighted by Gasteiger charge is -2.20. The summed E-state index contributed by atoms with van der Waals surface area (Å²) in [7, 11) is -3.30. The Morgan fingerprint density at radius 1 is 1.29 bits per heavy atom. The molecule has 4 nitrogen and oxygen atoms in total. The standard InChI is InChI=1S/C15H24N2O2S2/c1-2-9-17(11-12-3-4-12)21(18,19)15-8-7-14(20-15)10-16-13-5-6-13/h7-8,12-13,16H,2-6,9-11H2,1H3. The van der Waals surface area contributed by atoms with E-state index in [0.29, 0.717) is 29.3 Å². The van der Waals surface area contributed by atoms with Crippen LogP contribution in [0.4, 0.5) is 0 Å². The number of hydrogen-bond donors (Lipinski definition) is 1. The van der Waals surface area contributed by atoms with Gasteiger partial charge in [-0.2, -0.15) is 4.31 Å². The second-order valence-electron chi connectivity index (χ2n) is 6.18. The molecule has 1 aromatic heterocycles. The molecule has 0 spiro atoms. The van der Waals surface area contributed by atoms with Gasteiger partial charge in [-0.1, -0.05) is 6.92 Å². The fourth-order valence-corrected chi connectivity index (χ4v) is 5.47. The van der Waals surface area contributed by atoms with Crippen molar-refractivity contribution in [1.82, 2.24) is 9.62 Å². The van der Waals surface area contributed by atoms with Crippen LogP contribution in [0.5, 0.6) is 0 Å². The van der Waals surface area contributed by atoms with Crippen LogP contribution in [-0.2, 0) is 16.6 Å². The smallest absolute Gasteiger partial charge is 0.252 e. The molecule has 2 aliphatic carbocycles. The van der Waals surface area contributed by atoms with Crippen molar-refractivity contribution in [3.8, 4) is 0 Å². The van der Waals surface area contributed by atoms with Gasteiger partial charge in [-0.25, -0.2) is 8.42 Å². The van der Waals surface area contributed by atoms with Gasteiger partial charge < -0.3 is 5.32 Å². The molecule has 0 bridgehead atoms. The first-order valence-corrected chi connectivity index (χ1v) is 10.2. The van der Waals surface area contributed by atoms with E-state index in [1.165, 1.54) is 37.0 Å². The summed E-state index contributed by atoms with van der Waals surface area (Å²) in [5.74, 6) is 0.585. The Kier molecular flexibility index (Phi) is 4.69. The summed E-state index contributed by atoms with van der Waals surface area (Å²) in [6.45, 7) is 4.16. The minimum Gasteiger partial charge on any atom is -0.309 e. The zero-order valence-corrected chi connectivity index (χ0v) is 14.2. The summed E-state index contributed by atoms with van der Waals surface area (Å²) in [6, 6.07) is 4.38. The molecule has 2 aliphatic rings. The van der Waals surface area contributed by atoms with Gasteiger partial charge in [-0.3, -0.25) is 0 Å². The van der Waals surface area contributed by atoms with E-state index >= 15 is 0 Å². The van der Waals surface area contributed by atoms with Gasteiger partial charge in [0.25, 0.3) is 10.0 Å². The summed E-state index contributed by atoms with van der Waals surface area (Å²) in [4.78, 5) is 1.11. The van der Waals surface area contributed by atoms with Crippen molar-refractivity contribution in [2.24, 2.45) is 5.92 Å². The third-order valence-corrected chi connectivity index (χ3v) is 7.42. The molecular formula is C15H24N2O2S2. The third-order valence-electron chi connectivity index (χ3n) is 4.01. The number of nitrogens with one attached hydrogen (secondary N) is 1. The molecule has 3 rings (SSSR count). The van der Waals surface area contributed by atoms with Gasteiger partial charge in [0.05, 0.1) is 0 Å². The fraction of sp³-hybridized carbons (Fsp3) is 0.733. The van der Waals surface area contributed by atoms with Crippen molar-refractivity contribution in [3.05, 3.63) is 17.0 Å². The van der Waals surface area contributed by atoms with Crippen LogP contribution in [0.15, 0.2) is 16.3 Å². The highest BCUT2D eigenvalue weighted by Crippen LogP contribution is 2.33. The van der Waals surface area contributed by atoms with Gasteiger partial charge >= 0.3 is 0 Å². The molecule has 0 unspecified atom stereocenters. The second-order valence-corrected chi connectivity index (χ2v) is 9.52. The SMILES string of the molecule is CCCN(CC1CC1)S(=O)(=O)c1ccc(CNC2CC2)s1. The van der Waals surface area contributed by atoms with Crippen LogP contribution in [0.1, 0.15) is 43.9 Å². The zero-order chi connectivity index (χ0) is 14.9. The molecule has 1 aromatic rings. The lowest BCUT2D eigenvalue weighted by Crippen LogP contribution is -2.33. The quantitative estimate of drug-likeness (QED) is 0.758. The van der Waals surface area contributed by atoms with Crippen molar-refractivity contribution < 1.29 is 8.42 Å². The summed E-state index contributed by atoms with van der Waals surface area (Å²) < 4.78 is 27.7. The van der Waals surface area contributed by atoms with Crippen molar-refractivity contribution in [3.63, 3.8) is 0 Å². The summed E-state index contributed by atoms with van der Waals surface area (Å²) in [5.41, 5.74) is 0. The van der Waals surface area contributed by atoms with Crippen LogP contribution in [0, 0.1) is 5.92 Å². The molecular weight excluding hydrogens is 304 g/mol. The number of rotatable bonds is 9. The molecule has 2 fully saturated rings. The molecule has 0 radical (unpaired) electrons. The van der Waals surface area contributed by atoms with Crippen LogP contribution in [0.2, 0.25) is 0 Å². The normalized spacial score (nSPS) is 19.3.